The van der Waals surface area contributed by atoms with E-state index in [4.69, 9.17) is 5.84 Å². The minimum Gasteiger partial charge on any atom is -0.271 e. The molecule has 1 aromatic heterocycles. The summed E-state index contributed by atoms with van der Waals surface area (Å²) >= 11 is 4.84. The molecule has 0 spiro atoms. The Morgan fingerprint density at radius 2 is 2.21 bits per heavy atom. The summed E-state index contributed by atoms with van der Waals surface area (Å²) in [6, 6.07) is 4.94. The molecule has 0 amide bonds. The van der Waals surface area contributed by atoms with Gasteiger partial charge in [-0.25, -0.2) is 9.37 Å². The van der Waals surface area contributed by atoms with E-state index in [-0.39, 0.29) is 11.9 Å². The third kappa shape index (κ3) is 3.39. The summed E-state index contributed by atoms with van der Waals surface area (Å²) in [4.78, 5) is 5.44. The summed E-state index contributed by atoms with van der Waals surface area (Å²) in [5.41, 5.74) is 4.34. The number of aryl methyl sites for hydroxylation is 2. The maximum absolute atomic E-state index is 13.9. The van der Waals surface area contributed by atoms with Crippen molar-refractivity contribution in [1.82, 2.24) is 10.4 Å². The van der Waals surface area contributed by atoms with Crippen molar-refractivity contribution in [2.45, 2.75) is 26.3 Å². The first-order valence-corrected chi connectivity index (χ1v) is 7.46. The SMILES string of the molecule is Cc1nc(C)c(C(Cc2ccc(Br)cc2F)NN)s1. The molecule has 3 nitrogen and oxygen atoms in total. The molecule has 0 aliphatic heterocycles. The fourth-order valence-electron chi connectivity index (χ4n) is 2.00. The van der Waals surface area contributed by atoms with Gasteiger partial charge < -0.3 is 0 Å². The number of aromatic nitrogens is 1. The van der Waals surface area contributed by atoms with Crippen molar-refractivity contribution >= 4 is 27.3 Å². The molecule has 2 rings (SSSR count). The lowest BCUT2D eigenvalue weighted by atomic mass is 10.0. The van der Waals surface area contributed by atoms with Crippen LogP contribution in [0.15, 0.2) is 22.7 Å². The van der Waals surface area contributed by atoms with E-state index in [0.29, 0.717) is 12.0 Å². The maximum atomic E-state index is 13.9. The van der Waals surface area contributed by atoms with Crippen molar-refractivity contribution in [3.63, 3.8) is 0 Å². The van der Waals surface area contributed by atoms with E-state index in [1.807, 2.05) is 19.9 Å². The Kier molecular flexibility index (Phi) is 4.67. The topological polar surface area (TPSA) is 50.9 Å². The average Bonchev–Trinajstić information content (AvgIpc) is 2.68. The molecule has 0 aliphatic carbocycles. The van der Waals surface area contributed by atoms with Crippen molar-refractivity contribution in [3.05, 3.63) is 49.6 Å². The Bertz CT molecular complexity index is 585. The zero-order valence-corrected chi connectivity index (χ0v) is 13.1. The van der Waals surface area contributed by atoms with E-state index < -0.39 is 0 Å². The van der Waals surface area contributed by atoms with Gasteiger partial charge in [-0.3, -0.25) is 11.3 Å². The second-order valence-corrected chi connectivity index (χ2v) is 6.49. The van der Waals surface area contributed by atoms with E-state index in [1.54, 1.807) is 17.4 Å². The molecule has 0 aliphatic rings. The zero-order chi connectivity index (χ0) is 14.0. The van der Waals surface area contributed by atoms with Crippen LogP contribution in [0.25, 0.3) is 0 Å². The standard InChI is InChI=1S/C13H15BrFN3S/c1-7-13(19-8(2)17-7)12(18-16)5-9-3-4-10(14)6-11(9)15/h3-4,6,12,18H,5,16H2,1-2H3. The van der Waals surface area contributed by atoms with Gasteiger partial charge in [-0.1, -0.05) is 22.0 Å². The molecular formula is C13H15BrFN3S. The monoisotopic (exact) mass is 343 g/mol. The minimum atomic E-state index is -0.228. The van der Waals surface area contributed by atoms with Gasteiger partial charge in [-0.15, -0.1) is 11.3 Å². The van der Waals surface area contributed by atoms with Crippen LogP contribution in [0.4, 0.5) is 4.39 Å². The Labute approximate surface area is 124 Å². The summed E-state index contributed by atoms with van der Waals surface area (Å²) in [5, 5.41) is 0.990. The van der Waals surface area contributed by atoms with Gasteiger partial charge in [0.05, 0.1) is 16.7 Å². The number of hydrogen-bond acceptors (Lipinski definition) is 4. The number of benzene rings is 1. The smallest absolute Gasteiger partial charge is 0.127 e. The number of nitrogens with zero attached hydrogens (tertiary/aromatic N) is 1. The van der Waals surface area contributed by atoms with Crippen molar-refractivity contribution in [3.8, 4) is 0 Å². The molecule has 0 fully saturated rings. The lowest BCUT2D eigenvalue weighted by Crippen LogP contribution is -2.29. The third-order valence-corrected chi connectivity index (χ3v) is 4.58. The molecule has 19 heavy (non-hydrogen) atoms. The van der Waals surface area contributed by atoms with Crippen LogP contribution in [0.3, 0.4) is 0 Å². The van der Waals surface area contributed by atoms with E-state index in [0.717, 1.165) is 20.1 Å². The van der Waals surface area contributed by atoms with Gasteiger partial charge in [0, 0.05) is 9.35 Å². The van der Waals surface area contributed by atoms with E-state index in [9.17, 15) is 4.39 Å². The molecule has 1 aromatic carbocycles. The van der Waals surface area contributed by atoms with Crippen LogP contribution in [-0.2, 0) is 6.42 Å². The van der Waals surface area contributed by atoms with Gasteiger partial charge in [0.25, 0.3) is 0 Å². The summed E-state index contributed by atoms with van der Waals surface area (Å²) in [6.07, 6.45) is 0.498. The van der Waals surface area contributed by atoms with Crippen LogP contribution in [0.5, 0.6) is 0 Å². The van der Waals surface area contributed by atoms with Gasteiger partial charge in [-0.05, 0) is 38.0 Å². The Morgan fingerprint density at radius 1 is 1.47 bits per heavy atom. The Balaban J connectivity index is 2.26. The number of rotatable bonds is 4. The molecule has 1 atom stereocenters. The largest absolute Gasteiger partial charge is 0.271 e. The summed E-state index contributed by atoms with van der Waals surface area (Å²) in [7, 11) is 0. The molecule has 0 radical (unpaired) electrons. The molecule has 2 aromatic rings. The van der Waals surface area contributed by atoms with Crippen molar-refractivity contribution < 1.29 is 4.39 Å². The first-order chi connectivity index (χ1) is 9.01. The second-order valence-electron chi connectivity index (χ2n) is 4.34. The maximum Gasteiger partial charge on any atom is 0.127 e. The Morgan fingerprint density at radius 3 is 2.74 bits per heavy atom. The molecule has 6 heteroatoms. The van der Waals surface area contributed by atoms with E-state index >= 15 is 0 Å². The van der Waals surface area contributed by atoms with Crippen molar-refractivity contribution in [1.29, 1.82) is 0 Å². The van der Waals surface area contributed by atoms with Crippen LogP contribution in [-0.4, -0.2) is 4.98 Å². The summed E-state index contributed by atoms with van der Waals surface area (Å²) in [6.45, 7) is 3.90. The fourth-order valence-corrected chi connectivity index (χ4v) is 3.33. The highest BCUT2D eigenvalue weighted by atomic mass is 79.9. The van der Waals surface area contributed by atoms with Crippen molar-refractivity contribution in [2.24, 2.45) is 5.84 Å². The van der Waals surface area contributed by atoms with Gasteiger partial charge >= 0.3 is 0 Å². The predicted molar refractivity (Wildman–Crippen MR) is 79.5 cm³/mol. The van der Waals surface area contributed by atoms with Gasteiger partial charge in [-0.2, -0.15) is 0 Å². The summed E-state index contributed by atoms with van der Waals surface area (Å²) < 4.78 is 14.6. The van der Waals surface area contributed by atoms with Gasteiger partial charge in [0.15, 0.2) is 0 Å². The van der Waals surface area contributed by atoms with E-state index in [2.05, 4.69) is 26.3 Å². The molecule has 0 bridgehead atoms. The van der Waals surface area contributed by atoms with Crippen LogP contribution < -0.4 is 11.3 Å². The van der Waals surface area contributed by atoms with Crippen LogP contribution >= 0.6 is 27.3 Å². The Hall–Kier alpha value is -0.820. The van der Waals surface area contributed by atoms with Gasteiger partial charge in [0.2, 0.25) is 0 Å². The quantitative estimate of drug-likeness (QED) is 0.660. The molecule has 3 N–H and O–H groups in total. The highest BCUT2D eigenvalue weighted by Gasteiger charge is 2.18. The van der Waals surface area contributed by atoms with Crippen LogP contribution in [0, 0.1) is 19.7 Å². The second kappa shape index (κ2) is 6.09. The summed E-state index contributed by atoms with van der Waals surface area (Å²) in [5.74, 6) is 5.38. The van der Waals surface area contributed by atoms with Gasteiger partial charge in [0.1, 0.15) is 5.82 Å². The van der Waals surface area contributed by atoms with E-state index in [1.165, 1.54) is 6.07 Å². The first-order valence-electron chi connectivity index (χ1n) is 5.85. The molecule has 1 heterocycles. The minimum absolute atomic E-state index is 0.123. The number of thiazole rings is 1. The number of hydrazine groups is 1. The lowest BCUT2D eigenvalue weighted by molar-refractivity contribution is 0.532. The third-order valence-electron chi connectivity index (χ3n) is 2.90. The van der Waals surface area contributed by atoms with Crippen molar-refractivity contribution in [2.75, 3.05) is 0 Å². The molecule has 0 saturated heterocycles. The predicted octanol–water partition coefficient (Wildman–Crippen LogP) is 3.41. The molecule has 1 unspecified atom stereocenters. The number of hydrogen-bond donors (Lipinski definition) is 2. The van der Waals surface area contributed by atoms with Crippen LogP contribution in [0.1, 0.15) is 27.2 Å². The number of halogens is 2. The zero-order valence-electron chi connectivity index (χ0n) is 10.7. The number of nitrogens with two attached hydrogens (primary N) is 1. The first kappa shape index (κ1) is 14.6. The molecule has 0 saturated carbocycles. The fraction of sp³-hybridized carbons (Fsp3) is 0.308. The lowest BCUT2D eigenvalue weighted by Gasteiger charge is -2.15. The number of nitrogens with one attached hydrogen (secondary N) is 1. The normalized spacial score (nSPS) is 12.7. The molecular weight excluding hydrogens is 329 g/mol. The molecule has 102 valence electrons. The highest BCUT2D eigenvalue weighted by molar-refractivity contribution is 9.10. The van der Waals surface area contributed by atoms with Crippen LogP contribution in [0.2, 0.25) is 0 Å². The highest BCUT2D eigenvalue weighted by Crippen LogP contribution is 2.28. The average molecular weight is 344 g/mol.